The van der Waals surface area contributed by atoms with Gasteiger partial charge in [0.25, 0.3) is 0 Å². The first-order valence-corrected chi connectivity index (χ1v) is 4.47. The molecule has 2 heteroatoms. The van der Waals surface area contributed by atoms with Gasteiger partial charge >= 0.3 is 0 Å². The number of rotatable bonds is 3. The second kappa shape index (κ2) is 4.10. The van der Waals surface area contributed by atoms with E-state index < -0.39 is 0 Å². The molecule has 1 nitrogen and oxygen atoms in total. The summed E-state index contributed by atoms with van der Waals surface area (Å²) in [6, 6.07) is 0. The van der Waals surface area contributed by atoms with Crippen LogP contribution in [0, 0.1) is 0 Å². The molecule has 0 N–H and O–H groups in total. The maximum atomic E-state index is 5.46. The van der Waals surface area contributed by atoms with Crippen LogP contribution in [0.1, 0.15) is 27.2 Å². The monoisotopic (exact) mass is 132 g/mol. The Hall–Kier alpha value is 0.177. The zero-order chi connectivity index (χ0) is 6.57. The van der Waals surface area contributed by atoms with Crippen LogP contribution in [0.3, 0.4) is 0 Å². The molecule has 0 saturated carbocycles. The van der Waals surface area contributed by atoms with Gasteiger partial charge in [-0.2, -0.15) is 0 Å². The molecule has 0 amide bonds. The van der Waals surface area contributed by atoms with E-state index in [-0.39, 0.29) is 0 Å². The van der Waals surface area contributed by atoms with Crippen molar-refractivity contribution in [1.29, 1.82) is 0 Å². The minimum atomic E-state index is 0.414. The predicted octanol–water partition coefficient (Wildman–Crippen LogP) is 0.513. The molecular formula is C6H16OSi. The highest BCUT2D eigenvalue weighted by Gasteiger charge is 1.98. The fourth-order valence-electron chi connectivity index (χ4n) is 0.561. The van der Waals surface area contributed by atoms with Crippen molar-refractivity contribution in [2.45, 2.75) is 39.0 Å². The predicted molar refractivity (Wildman–Crippen MR) is 40.2 cm³/mol. The summed E-state index contributed by atoms with van der Waals surface area (Å²) in [6.45, 7) is 6.33. The van der Waals surface area contributed by atoms with Crippen LogP contribution in [0.2, 0.25) is 0 Å². The Labute approximate surface area is 54.8 Å². The third-order valence-corrected chi connectivity index (χ3v) is 2.17. The molecule has 1 atom stereocenters. The Bertz CT molecular complexity index is 54.5. The maximum Gasteiger partial charge on any atom is 0.0517 e. The normalized spacial score (nSPS) is 15.0. The summed E-state index contributed by atoms with van der Waals surface area (Å²) in [5, 5.41) is 0. The number of ether oxygens (including phenoxy) is 1. The average Bonchev–Trinajstić information content (AvgIpc) is 1.65. The maximum absolute atomic E-state index is 5.46. The number of hydrogen-bond donors (Lipinski definition) is 0. The van der Waals surface area contributed by atoms with Crippen LogP contribution in [0.4, 0.5) is 0 Å². The summed E-state index contributed by atoms with van der Waals surface area (Å²) in [4.78, 5) is 0. The lowest BCUT2D eigenvalue weighted by molar-refractivity contribution is 0.0528. The molecule has 0 rings (SSSR count). The molecule has 0 aliphatic heterocycles. The molecule has 8 heavy (non-hydrogen) atoms. The Balaban J connectivity index is 3.10. The molecule has 1 unspecified atom stereocenters. The first kappa shape index (κ1) is 8.18. The molecule has 0 aliphatic carbocycles. The Morgan fingerprint density at radius 1 is 1.50 bits per heavy atom. The van der Waals surface area contributed by atoms with Crippen LogP contribution in [0.5, 0.6) is 0 Å². The Kier molecular flexibility index (Phi) is 4.19. The Morgan fingerprint density at radius 3 is 2.12 bits per heavy atom. The van der Waals surface area contributed by atoms with Gasteiger partial charge in [0, 0.05) is 16.0 Å². The van der Waals surface area contributed by atoms with Gasteiger partial charge in [0.15, 0.2) is 0 Å². The SMILES string of the molecule is CCC([SiH3])OC(C)C. The van der Waals surface area contributed by atoms with Crippen LogP contribution in [-0.4, -0.2) is 22.1 Å². The van der Waals surface area contributed by atoms with Crippen LogP contribution in [-0.2, 0) is 4.74 Å². The van der Waals surface area contributed by atoms with Gasteiger partial charge in [0.05, 0.1) is 6.10 Å². The van der Waals surface area contributed by atoms with Crippen molar-refractivity contribution in [2.24, 2.45) is 0 Å². The smallest absolute Gasteiger partial charge is 0.0517 e. The van der Waals surface area contributed by atoms with E-state index in [4.69, 9.17) is 4.74 Å². The van der Waals surface area contributed by atoms with Crippen LogP contribution in [0.15, 0.2) is 0 Å². The van der Waals surface area contributed by atoms with Gasteiger partial charge in [0.2, 0.25) is 0 Å². The summed E-state index contributed by atoms with van der Waals surface area (Å²) in [7, 11) is 1.17. The fraction of sp³-hybridized carbons (Fsp3) is 1.00. The summed E-state index contributed by atoms with van der Waals surface area (Å²) < 4.78 is 5.46. The zero-order valence-electron chi connectivity index (χ0n) is 6.27. The molecule has 0 heterocycles. The van der Waals surface area contributed by atoms with Gasteiger partial charge in [-0.1, -0.05) is 6.92 Å². The van der Waals surface area contributed by atoms with Crippen LogP contribution < -0.4 is 0 Å². The second-order valence-corrected chi connectivity index (χ2v) is 3.69. The van der Waals surface area contributed by atoms with Gasteiger partial charge in [-0.25, -0.2) is 0 Å². The third-order valence-electron chi connectivity index (χ3n) is 1.08. The minimum Gasteiger partial charge on any atom is -0.380 e. The highest BCUT2D eigenvalue weighted by Crippen LogP contribution is 1.96. The topological polar surface area (TPSA) is 9.23 Å². The van der Waals surface area contributed by atoms with Crippen LogP contribution >= 0.6 is 0 Å². The summed E-state index contributed by atoms with van der Waals surface area (Å²) in [6.07, 6.45) is 1.59. The van der Waals surface area contributed by atoms with E-state index in [9.17, 15) is 0 Å². The average molecular weight is 132 g/mol. The molecule has 0 bridgehead atoms. The third kappa shape index (κ3) is 4.34. The first-order chi connectivity index (χ1) is 3.66. The molecule has 50 valence electrons. The lowest BCUT2D eigenvalue weighted by Gasteiger charge is -2.12. The van der Waals surface area contributed by atoms with E-state index in [1.54, 1.807) is 0 Å². The molecule has 0 fully saturated rings. The van der Waals surface area contributed by atoms with Gasteiger partial charge in [-0.3, -0.25) is 0 Å². The molecule has 0 spiro atoms. The lowest BCUT2D eigenvalue weighted by atomic mass is 10.4. The van der Waals surface area contributed by atoms with Crippen molar-refractivity contribution in [3.8, 4) is 0 Å². The van der Waals surface area contributed by atoms with Crippen molar-refractivity contribution < 1.29 is 4.74 Å². The molecule has 0 saturated heterocycles. The first-order valence-electron chi connectivity index (χ1n) is 3.32. The van der Waals surface area contributed by atoms with E-state index in [2.05, 4.69) is 20.8 Å². The van der Waals surface area contributed by atoms with Gasteiger partial charge in [-0.05, 0) is 20.3 Å². The summed E-state index contributed by atoms with van der Waals surface area (Å²) in [5.74, 6) is 0. The van der Waals surface area contributed by atoms with E-state index in [0.717, 1.165) is 0 Å². The fourth-order valence-corrected chi connectivity index (χ4v) is 1.11. The van der Waals surface area contributed by atoms with Crippen LogP contribution in [0.25, 0.3) is 0 Å². The minimum absolute atomic E-state index is 0.414. The van der Waals surface area contributed by atoms with Crippen molar-refractivity contribution in [3.05, 3.63) is 0 Å². The van der Waals surface area contributed by atoms with Gasteiger partial charge in [0.1, 0.15) is 0 Å². The van der Waals surface area contributed by atoms with E-state index >= 15 is 0 Å². The van der Waals surface area contributed by atoms with E-state index in [1.165, 1.54) is 16.7 Å². The van der Waals surface area contributed by atoms with Gasteiger partial charge in [-0.15, -0.1) is 0 Å². The molecular weight excluding hydrogens is 116 g/mol. The Morgan fingerprint density at radius 2 is 2.00 bits per heavy atom. The van der Waals surface area contributed by atoms with Gasteiger partial charge < -0.3 is 4.74 Å². The van der Waals surface area contributed by atoms with Crippen molar-refractivity contribution in [2.75, 3.05) is 0 Å². The van der Waals surface area contributed by atoms with E-state index in [0.29, 0.717) is 11.8 Å². The summed E-state index contributed by atoms with van der Waals surface area (Å²) in [5.41, 5.74) is 0.565. The molecule has 0 aromatic heterocycles. The van der Waals surface area contributed by atoms with E-state index in [1.807, 2.05) is 0 Å². The summed E-state index contributed by atoms with van der Waals surface area (Å²) >= 11 is 0. The molecule has 0 aliphatic rings. The molecule has 0 aromatic rings. The van der Waals surface area contributed by atoms with Crippen molar-refractivity contribution in [3.63, 3.8) is 0 Å². The highest BCUT2D eigenvalue weighted by molar-refractivity contribution is 6.10. The number of hydrogen-bond acceptors (Lipinski definition) is 1. The zero-order valence-corrected chi connectivity index (χ0v) is 8.27. The van der Waals surface area contributed by atoms with Crippen molar-refractivity contribution in [1.82, 2.24) is 0 Å². The molecule has 0 radical (unpaired) electrons. The largest absolute Gasteiger partial charge is 0.380 e. The lowest BCUT2D eigenvalue weighted by Crippen LogP contribution is -2.16. The molecule has 0 aromatic carbocycles. The highest BCUT2D eigenvalue weighted by atomic mass is 28.1. The standard InChI is InChI=1S/C6H16OSi/c1-4-6(8)7-5(2)3/h5-6H,4H2,1-3,8H3. The second-order valence-electron chi connectivity index (χ2n) is 2.40. The van der Waals surface area contributed by atoms with Crippen molar-refractivity contribution >= 4 is 10.2 Å². The quantitative estimate of drug-likeness (QED) is 0.509.